The Morgan fingerprint density at radius 2 is 2.26 bits per heavy atom. The lowest BCUT2D eigenvalue weighted by atomic mass is 9.95. The van der Waals surface area contributed by atoms with E-state index in [4.69, 9.17) is 16.3 Å². The van der Waals surface area contributed by atoms with Crippen molar-refractivity contribution in [1.82, 2.24) is 9.55 Å². The molecule has 1 aliphatic heterocycles. The largest absolute Gasteiger partial charge is 0.394 e. The van der Waals surface area contributed by atoms with Crippen molar-refractivity contribution >= 4 is 0 Å². The SMILES string of the molecule is C#C[C@]1(O)C(O)C(CO)OC1n1ccc(=O)[nH]c1=O. The minimum absolute atomic E-state index is 0.584. The van der Waals surface area contributed by atoms with Gasteiger partial charge in [-0.05, 0) is 0 Å². The molecule has 0 spiro atoms. The van der Waals surface area contributed by atoms with Gasteiger partial charge in [0.2, 0.25) is 0 Å². The summed E-state index contributed by atoms with van der Waals surface area (Å²) in [6.07, 6.45) is 2.15. The number of terminal acetylenes is 1. The fourth-order valence-corrected chi connectivity index (χ4v) is 1.96. The maximum absolute atomic E-state index is 11.6. The molecule has 2 heterocycles. The highest BCUT2D eigenvalue weighted by Crippen LogP contribution is 2.36. The van der Waals surface area contributed by atoms with Gasteiger partial charge in [0.05, 0.1) is 6.61 Å². The summed E-state index contributed by atoms with van der Waals surface area (Å²) in [6, 6.07) is 1.04. The van der Waals surface area contributed by atoms with Crippen LogP contribution in [-0.4, -0.2) is 49.3 Å². The van der Waals surface area contributed by atoms with Gasteiger partial charge in [0.25, 0.3) is 5.56 Å². The number of nitrogens with one attached hydrogen (secondary N) is 1. The second kappa shape index (κ2) is 4.64. The topological polar surface area (TPSA) is 125 Å². The van der Waals surface area contributed by atoms with Gasteiger partial charge in [-0.15, -0.1) is 6.42 Å². The fourth-order valence-electron chi connectivity index (χ4n) is 1.96. The zero-order valence-electron chi connectivity index (χ0n) is 9.68. The molecule has 1 aliphatic rings. The number of aliphatic hydroxyl groups is 3. The normalized spacial score (nSPS) is 34.1. The number of aliphatic hydroxyl groups excluding tert-OH is 2. The zero-order chi connectivity index (χ0) is 14.2. The van der Waals surface area contributed by atoms with Crippen LogP contribution in [-0.2, 0) is 4.74 Å². The molecule has 19 heavy (non-hydrogen) atoms. The summed E-state index contributed by atoms with van der Waals surface area (Å²) in [7, 11) is 0. The predicted octanol–water partition coefficient (Wildman–Crippen LogP) is -2.85. The molecule has 102 valence electrons. The summed E-state index contributed by atoms with van der Waals surface area (Å²) in [4.78, 5) is 24.6. The molecule has 3 unspecified atom stereocenters. The summed E-state index contributed by atoms with van der Waals surface area (Å²) in [6.45, 7) is -0.584. The Labute approximate surface area is 106 Å². The van der Waals surface area contributed by atoms with Crippen LogP contribution >= 0.6 is 0 Å². The molecule has 1 saturated heterocycles. The van der Waals surface area contributed by atoms with E-state index < -0.39 is 41.9 Å². The molecule has 2 rings (SSSR count). The molecule has 1 fully saturated rings. The maximum Gasteiger partial charge on any atom is 0.330 e. The van der Waals surface area contributed by atoms with E-state index in [-0.39, 0.29) is 0 Å². The number of H-pyrrole nitrogens is 1. The number of nitrogens with zero attached hydrogens (tertiary/aromatic N) is 1. The Kier molecular flexibility index (Phi) is 3.30. The zero-order valence-corrected chi connectivity index (χ0v) is 9.68. The first-order chi connectivity index (χ1) is 8.93. The molecule has 1 aromatic heterocycles. The number of ether oxygens (including phenoxy) is 1. The molecule has 4 N–H and O–H groups in total. The molecule has 0 bridgehead atoms. The van der Waals surface area contributed by atoms with E-state index in [2.05, 4.69) is 0 Å². The van der Waals surface area contributed by atoms with Crippen LogP contribution < -0.4 is 11.2 Å². The van der Waals surface area contributed by atoms with Crippen LogP contribution in [0.1, 0.15) is 6.23 Å². The van der Waals surface area contributed by atoms with Gasteiger partial charge in [-0.2, -0.15) is 0 Å². The smallest absolute Gasteiger partial charge is 0.330 e. The second-order valence-electron chi connectivity index (χ2n) is 4.14. The van der Waals surface area contributed by atoms with Crippen molar-refractivity contribution in [3.05, 3.63) is 33.1 Å². The first-order valence-electron chi connectivity index (χ1n) is 5.40. The van der Waals surface area contributed by atoms with Gasteiger partial charge >= 0.3 is 5.69 Å². The van der Waals surface area contributed by atoms with Gasteiger partial charge in [-0.3, -0.25) is 14.3 Å². The number of aromatic amines is 1. The first-order valence-corrected chi connectivity index (χ1v) is 5.40. The van der Waals surface area contributed by atoms with Gasteiger partial charge in [0.15, 0.2) is 11.8 Å². The molecule has 8 heteroatoms. The Bertz CT molecular complexity index is 629. The van der Waals surface area contributed by atoms with Crippen LogP contribution in [0.3, 0.4) is 0 Å². The summed E-state index contributed by atoms with van der Waals surface area (Å²) in [5.74, 6) is 1.96. The second-order valence-corrected chi connectivity index (χ2v) is 4.14. The average molecular weight is 268 g/mol. The Morgan fingerprint density at radius 1 is 1.58 bits per heavy atom. The number of rotatable bonds is 2. The summed E-state index contributed by atoms with van der Waals surface area (Å²) in [5, 5.41) is 29.1. The molecule has 0 radical (unpaired) electrons. The highest BCUT2D eigenvalue weighted by Gasteiger charge is 2.55. The lowest BCUT2D eigenvalue weighted by Crippen LogP contribution is -2.48. The number of hydrogen-bond acceptors (Lipinski definition) is 6. The van der Waals surface area contributed by atoms with E-state index >= 15 is 0 Å². The third kappa shape index (κ3) is 1.98. The van der Waals surface area contributed by atoms with Gasteiger partial charge in [0.1, 0.15) is 12.2 Å². The molecule has 0 aromatic carbocycles. The van der Waals surface area contributed by atoms with Crippen LogP contribution in [0.25, 0.3) is 0 Å². The van der Waals surface area contributed by atoms with Crippen molar-refractivity contribution in [1.29, 1.82) is 0 Å². The predicted molar refractivity (Wildman–Crippen MR) is 62.1 cm³/mol. The molecular weight excluding hydrogens is 256 g/mol. The van der Waals surface area contributed by atoms with Gasteiger partial charge < -0.3 is 20.1 Å². The molecule has 8 nitrogen and oxygen atoms in total. The van der Waals surface area contributed by atoms with Crippen molar-refractivity contribution in [3.8, 4) is 12.3 Å². The lowest BCUT2D eigenvalue weighted by Gasteiger charge is -2.26. The van der Waals surface area contributed by atoms with Crippen molar-refractivity contribution in [2.45, 2.75) is 24.0 Å². The fraction of sp³-hybridized carbons (Fsp3) is 0.455. The quantitative estimate of drug-likeness (QED) is 0.428. The highest BCUT2D eigenvalue weighted by molar-refractivity contribution is 5.19. The first kappa shape index (κ1) is 13.5. The Morgan fingerprint density at radius 3 is 2.79 bits per heavy atom. The van der Waals surface area contributed by atoms with E-state index in [0.29, 0.717) is 0 Å². The molecular formula is C11H12N2O6. The Hall–Kier alpha value is -1.92. The van der Waals surface area contributed by atoms with Crippen LogP contribution in [0, 0.1) is 12.3 Å². The molecule has 0 amide bonds. The third-order valence-corrected chi connectivity index (χ3v) is 3.00. The third-order valence-electron chi connectivity index (χ3n) is 3.00. The summed E-state index contributed by atoms with van der Waals surface area (Å²) < 4.78 is 6.03. The van der Waals surface area contributed by atoms with Gasteiger partial charge in [-0.1, -0.05) is 5.92 Å². The van der Waals surface area contributed by atoms with Crippen LogP contribution in [0.15, 0.2) is 21.9 Å². The molecule has 0 aliphatic carbocycles. The van der Waals surface area contributed by atoms with Crippen molar-refractivity contribution in [2.75, 3.05) is 6.61 Å². The minimum atomic E-state index is -2.19. The van der Waals surface area contributed by atoms with Crippen molar-refractivity contribution in [2.24, 2.45) is 0 Å². The van der Waals surface area contributed by atoms with Crippen LogP contribution in [0.4, 0.5) is 0 Å². The van der Waals surface area contributed by atoms with Crippen molar-refractivity contribution < 1.29 is 20.1 Å². The minimum Gasteiger partial charge on any atom is -0.394 e. The Balaban J connectivity index is 2.52. The molecule has 4 atom stereocenters. The van der Waals surface area contributed by atoms with E-state index in [9.17, 15) is 19.8 Å². The molecule has 1 aromatic rings. The van der Waals surface area contributed by atoms with E-state index in [1.54, 1.807) is 0 Å². The van der Waals surface area contributed by atoms with E-state index in [1.165, 1.54) is 0 Å². The monoisotopic (exact) mass is 268 g/mol. The number of hydrogen-bond donors (Lipinski definition) is 4. The van der Waals surface area contributed by atoms with Gasteiger partial charge in [0, 0.05) is 12.3 Å². The summed E-state index contributed by atoms with van der Waals surface area (Å²) in [5.41, 5.74) is -3.66. The van der Waals surface area contributed by atoms with E-state index in [1.807, 2.05) is 10.9 Å². The average Bonchev–Trinajstić information content (AvgIpc) is 2.63. The standard InChI is InChI=1S/C11H12N2O6/c1-2-11(18)8(16)6(5-14)19-9(11)13-4-3-7(15)12-10(13)17/h1,3-4,6,8-9,14,16,18H,5H2,(H,12,15,17)/t6?,8?,9?,11-/m0/s1. The highest BCUT2D eigenvalue weighted by atomic mass is 16.6. The maximum atomic E-state index is 11.6. The summed E-state index contributed by atoms with van der Waals surface area (Å²) >= 11 is 0. The van der Waals surface area contributed by atoms with Gasteiger partial charge in [-0.25, -0.2) is 4.79 Å². The van der Waals surface area contributed by atoms with Crippen molar-refractivity contribution in [3.63, 3.8) is 0 Å². The number of aromatic nitrogens is 2. The van der Waals surface area contributed by atoms with Crippen LogP contribution in [0.5, 0.6) is 0 Å². The molecule has 0 saturated carbocycles. The van der Waals surface area contributed by atoms with Crippen LogP contribution in [0.2, 0.25) is 0 Å². The lowest BCUT2D eigenvalue weighted by molar-refractivity contribution is -0.0764. The van der Waals surface area contributed by atoms with E-state index in [0.717, 1.165) is 16.8 Å².